The van der Waals surface area contributed by atoms with Gasteiger partial charge in [-0.15, -0.1) is 0 Å². The average molecular weight is 282 g/mol. The number of amides is 2. The summed E-state index contributed by atoms with van der Waals surface area (Å²) < 4.78 is 0. The van der Waals surface area contributed by atoms with Crippen molar-refractivity contribution in [3.05, 3.63) is 0 Å². The van der Waals surface area contributed by atoms with Gasteiger partial charge in [-0.25, -0.2) is 4.79 Å². The first kappa shape index (κ1) is 15.1. The SMILES string of the molecule is CCC(NC(=O)N1CCCC(C(=O)O)C1)C1CCCC1. The van der Waals surface area contributed by atoms with E-state index in [4.69, 9.17) is 5.11 Å². The molecule has 114 valence electrons. The van der Waals surface area contributed by atoms with Gasteiger partial charge in [-0.05, 0) is 38.0 Å². The molecule has 2 fully saturated rings. The molecule has 0 spiro atoms. The second kappa shape index (κ2) is 6.95. The minimum absolute atomic E-state index is 0.0744. The number of urea groups is 1. The Morgan fingerprint density at radius 3 is 2.55 bits per heavy atom. The van der Waals surface area contributed by atoms with Gasteiger partial charge in [0.2, 0.25) is 0 Å². The number of nitrogens with one attached hydrogen (secondary N) is 1. The van der Waals surface area contributed by atoms with E-state index in [1.165, 1.54) is 25.7 Å². The molecule has 20 heavy (non-hydrogen) atoms. The van der Waals surface area contributed by atoms with E-state index in [0.717, 1.165) is 12.8 Å². The zero-order valence-corrected chi connectivity index (χ0v) is 12.3. The number of likely N-dealkylation sites (tertiary alicyclic amines) is 1. The molecule has 0 aromatic carbocycles. The first-order chi connectivity index (χ1) is 9.61. The van der Waals surface area contributed by atoms with Crippen molar-refractivity contribution >= 4 is 12.0 Å². The molecule has 2 atom stereocenters. The van der Waals surface area contributed by atoms with Crippen LogP contribution < -0.4 is 5.32 Å². The number of carbonyl (C=O) groups is 2. The Morgan fingerprint density at radius 1 is 1.25 bits per heavy atom. The molecule has 2 rings (SSSR count). The van der Waals surface area contributed by atoms with E-state index >= 15 is 0 Å². The Labute approximate surface area is 120 Å². The number of piperidine rings is 1. The molecule has 5 nitrogen and oxygen atoms in total. The Kier molecular flexibility index (Phi) is 5.26. The number of carboxylic acids is 1. The van der Waals surface area contributed by atoms with E-state index in [1.54, 1.807) is 4.90 Å². The first-order valence-electron chi connectivity index (χ1n) is 7.90. The van der Waals surface area contributed by atoms with Crippen LogP contribution in [0.4, 0.5) is 4.79 Å². The molecule has 1 aliphatic carbocycles. The minimum atomic E-state index is -0.787. The van der Waals surface area contributed by atoms with E-state index in [1.807, 2.05) is 0 Å². The quantitative estimate of drug-likeness (QED) is 0.832. The standard InChI is InChI=1S/C15H26N2O3/c1-2-13(11-6-3-4-7-11)16-15(20)17-9-5-8-12(10-17)14(18)19/h11-13H,2-10H2,1H3,(H,16,20)(H,18,19). The molecule has 0 bridgehead atoms. The largest absolute Gasteiger partial charge is 0.481 e. The summed E-state index contributed by atoms with van der Waals surface area (Å²) in [5.41, 5.74) is 0. The molecule has 0 aromatic rings. The fourth-order valence-electron chi connectivity index (χ4n) is 3.53. The molecule has 0 aromatic heterocycles. The third-order valence-electron chi connectivity index (χ3n) is 4.78. The van der Waals surface area contributed by atoms with Crippen LogP contribution in [-0.2, 0) is 4.79 Å². The van der Waals surface area contributed by atoms with Crippen LogP contribution in [-0.4, -0.2) is 41.1 Å². The Bertz CT molecular complexity index is 353. The van der Waals surface area contributed by atoms with Crippen molar-refractivity contribution < 1.29 is 14.7 Å². The summed E-state index contributed by atoms with van der Waals surface area (Å²) in [4.78, 5) is 25.0. The maximum absolute atomic E-state index is 12.3. The third-order valence-corrected chi connectivity index (χ3v) is 4.78. The van der Waals surface area contributed by atoms with Crippen LogP contribution in [0, 0.1) is 11.8 Å². The third kappa shape index (κ3) is 3.64. The highest BCUT2D eigenvalue weighted by molar-refractivity contribution is 5.76. The van der Waals surface area contributed by atoms with E-state index < -0.39 is 11.9 Å². The molecule has 2 aliphatic rings. The topological polar surface area (TPSA) is 69.6 Å². The number of rotatable bonds is 4. The highest BCUT2D eigenvalue weighted by atomic mass is 16.4. The minimum Gasteiger partial charge on any atom is -0.481 e. The Hall–Kier alpha value is -1.26. The van der Waals surface area contributed by atoms with Crippen molar-refractivity contribution in [1.82, 2.24) is 10.2 Å². The summed E-state index contributed by atoms with van der Waals surface area (Å²) in [6.45, 7) is 3.14. The lowest BCUT2D eigenvalue weighted by atomic mass is 9.96. The molecule has 1 saturated heterocycles. The van der Waals surface area contributed by atoms with Gasteiger partial charge in [-0.3, -0.25) is 4.79 Å². The maximum atomic E-state index is 12.3. The molecule has 2 N–H and O–H groups in total. The van der Waals surface area contributed by atoms with Crippen LogP contribution in [0.3, 0.4) is 0 Å². The predicted molar refractivity (Wildman–Crippen MR) is 76.5 cm³/mol. The number of hydrogen-bond donors (Lipinski definition) is 2. The molecule has 0 radical (unpaired) electrons. The van der Waals surface area contributed by atoms with Crippen LogP contribution in [0.25, 0.3) is 0 Å². The summed E-state index contributed by atoms with van der Waals surface area (Å²) in [6.07, 6.45) is 7.35. The van der Waals surface area contributed by atoms with Crippen molar-refractivity contribution in [3.8, 4) is 0 Å². The predicted octanol–water partition coefficient (Wildman–Crippen LogP) is 2.46. The summed E-state index contributed by atoms with van der Waals surface area (Å²) in [6, 6.07) is 0.171. The van der Waals surface area contributed by atoms with Crippen LogP contribution in [0.5, 0.6) is 0 Å². The fourth-order valence-corrected chi connectivity index (χ4v) is 3.53. The van der Waals surface area contributed by atoms with Crippen molar-refractivity contribution in [2.45, 2.75) is 57.9 Å². The van der Waals surface area contributed by atoms with E-state index in [9.17, 15) is 9.59 Å². The van der Waals surface area contributed by atoms with E-state index in [2.05, 4.69) is 12.2 Å². The monoisotopic (exact) mass is 282 g/mol. The number of hydrogen-bond acceptors (Lipinski definition) is 2. The molecule has 2 unspecified atom stereocenters. The Morgan fingerprint density at radius 2 is 1.95 bits per heavy atom. The van der Waals surface area contributed by atoms with Gasteiger partial charge in [-0.2, -0.15) is 0 Å². The smallest absolute Gasteiger partial charge is 0.317 e. The zero-order valence-electron chi connectivity index (χ0n) is 12.3. The van der Waals surface area contributed by atoms with Crippen LogP contribution >= 0.6 is 0 Å². The van der Waals surface area contributed by atoms with Gasteiger partial charge in [-0.1, -0.05) is 19.8 Å². The van der Waals surface area contributed by atoms with E-state index in [0.29, 0.717) is 25.4 Å². The number of nitrogens with zero attached hydrogens (tertiary/aromatic N) is 1. The maximum Gasteiger partial charge on any atom is 0.317 e. The number of aliphatic carboxylic acids is 1. The van der Waals surface area contributed by atoms with Crippen molar-refractivity contribution in [2.24, 2.45) is 11.8 Å². The fraction of sp³-hybridized carbons (Fsp3) is 0.867. The summed E-state index contributed by atoms with van der Waals surface area (Å²) >= 11 is 0. The van der Waals surface area contributed by atoms with Gasteiger partial charge in [0.25, 0.3) is 0 Å². The van der Waals surface area contributed by atoms with Gasteiger partial charge in [0, 0.05) is 19.1 Å². The lowest BCUT2D eigenvalue weighted by Crippen LogP contribution is -2.51. The highest BCUT2D eigenvalue weighted by Crippen LogP contribution is 2.29. The summed E-state index contributed by atoms with van der Waals surface area (Å²) in [5.74, 6) is -0.588. The number of carboxylic acid groups (broad SMARTS) is 1. The summed E-state index contributed by atoms with van der Waals surface area (Å²) in [7, 11) is 0. The van der Waals surface area contributed by atoms with Crippen LogP contribution in [0.2, 0.25) is 0 Å². The lowest BCUT2D eigenvalue weighted by molar-refractivity contribution is -0.143. The number of carbonyl (C=O) groups excluding carboxylic acids is 1. The van der Waals surface area contributed by atoms with Crippen LogP contribution in [0.15, 0.2) is 0 Å². The Balaban J connectivity index is 1.87. The molecular formula is C15H26N2O3. The van der Waals surface area contributed by atoms with Crippen molar-refractivity contribution in [3.63, 3.8) is 0 Å². The van der Waals surface area contributed by atoms with Gasteiger partial charge in [0.05, 0.1) is 5.92 Å². The van der Waals surface area contributed by atoms with Crippen LogP contribution in [0.1, 0.15) is 51.9 Å². The van der Waals surface area contributed by atoms with Gasteiger partial charge >= 0.3 is 12.0 Å². The average Bonchev–Trinajstić information content (AvgIpc) is 2.98. The molecule has 1 aliphatic heterocycles. The molecule has 5 heteroatoms. The molecular weight excluding hydrogens is 256 g/mol. The second-order valence-corrected chi connectivity index (χ2v) is 6.13. The van der Waals surface area contributed by atoms with Gasteiger partial charge in [0.15, 0.2) is 0 Å². The lowest BCUT2D eigenvalue weighted by Gasteiger charge is -2.33. The molecule has 2 amide bonds. The normalized spacial score (nSPS) is 25.4. The van der Waals surface area contributed by atoms with Crippen molar-refractivity contribution in [1.29, 1.82) is 0 Å². The van der Waals surface area contributed by atoms with Crippen molar-refractivity contribution in [2.75, 3.05) is 13.1 Å². The zero-order chi connectivity index (χ0) is 14.5. The first-order valence-corrected chi connectivity index (χ1v) is 7.90. The summed E-state index contributed by atoms with van der Waals surface area (Å²) in [5, 5.41) is 12.2. The van der Waals surface area contributed by atoms with Gasteiger partial charge < -0.3 is 15.3 Å². The highest BCUT2D eigenvalue weighted by Gasteiger charge is 2.30. The second-order valence-electron chi connectivity index (χ2n) is 6.13. The van der Waals surface area contributed by atoms with Gasteiger partial charge in [0.1, 0.15) is 0 Å². The van der Waals surface area contributed by atoms with E-state index in [-0.39, 0.29) is 12.1 Å². The molecule has 1 saturated carbocycles. The molecule has 1 heterocycles.